The zero-order valence-corrected chi connectivity index (χ0v) is 14.4. The fourth-order valence-electron chi connectivity index (χ4n) is 2.11. The molecule has 0 saturated carbocycles. The largest absolute Gasteiger partial charge is 0.452 e. The van der Waals surface area contributed by atoms with E-state index in [9.17, 15) is 4.79 Å². The maximum absolute atomic E-state index is 12.2. The lowest BCUT2D eigenvalue weighted by molar-refractivity contribution is 0.0439. The van der Waals surface area contributed by atoms with Crippen LogP contribution in [0, 0.1) is 0 Å². The van der Waals surface area contributed by atoms with Crippen LogP contribution >= 0.6 is 23.4 Å². The van der Waals surface area contributed by atoms with E-state index >= 15 is 0 Å². The van der Waals surface area contributed by atoms with Gasteiger partial charge in [-0.15, -0.1) is 11.8 Å². The van der Waals surface area contributed by atoms with Gasteiger partial charge in [0.05, 0.1) is 16.8 Å². The van der Waals surface area contributed by atoms with E-state index in [2.05, 4.69) is 4.98 Å². The van der Waals surface area contributed by atoms with E-state index in [1.54, 1.807) is 18.3 Å². The number of aromatic nitrogens is 1. The van der Waals surface area contributed by atoms with Crippen molar-refractivity contribution in [2.75, 3.05) is 6.26 Å². The summed E-state index contributed by atoms with van der Waals surface area (Å²) in [6.45, 7) is -0.0501. The molecule has 0 radical (unpaired) electrons. The number of oxazole rings is 1. The van der Waals surface area contributed by atoms with Gasteiger partial charge in [0.2, 0.25) is 5.89 Å². The van der Waals surface area contributed by atoms with E-state index in [1.165, 1.54) is 11.8 Å². The van der Waals surface area contributed by atoms with Crippen LogP contribution in [-0.2, 0) is 11.3 Å². The lowest BCUT2D eigenvalue weighted by Crippen LogP contribution is -2.06. The number of carbonyl (C=O) groups is 1. The van der Waals surface area contributed by atoms with E-state index in [1.807, 2.05) is 42.7 Å². The summed E-state index contributed by atoms with van der Waals surface area (Å²) in [4.78, 5) is 17.3. The third kappa shape index (κ3) is 3.80. The molecule has 4 nitrogen and oxygen atoms in total. The van der Waals surface area contributed by atoms with Crippen LogP contribution in [0.4, 0.5) is 0 Å². The zero-order chi connectivity index (χ0) is 16.9. The molecular formula is C18H14ClNO3S. The molecule has 0 saturated heterocycles. The highest BCUT2D eigenvalue weighted by atomic mass is 35.5. The molecule has 0 amide bonds. The van der Waals surface area contributed by atoms with Crippen molar-refractivity contribution < 1.29 is 13.9 Å². The number of benzene rings is 2. The van der Waals surface area contributed by atoms with Gasteiger partial charge in [-0.05, 0) is 24.5 Å². The van der Waals surface area contributed by atoms with Crippen LogP contribution in [0.2, 0.25) is 5.02 Å². The molecule has 1 heterocycles. The van der Waals surface area contributed by atoms with Gasteiger partial charge in [0.1, 0.15) is 0 Å². The molecule has 2 aromatic carbocycles. The fourth-order valence-corrected chi connectivity index (χ4v) is 2.74. The SMILES string of the molecule is CSc1ccc(Cl)c(C(=O)OCc2ncc(-c3ccccc3)o2)c1. The number of nitrogens with zero attached hydrogens (tertiary/aromatic N) is 1. The summed E-state index contributed by atoms with van der Waals surface area (Å²) >= 11 is 7.59. The Bertz CT molecular complexity index is 848. The Balaban J connectivity index is 1.68. The minimum Gasteiger partial charge on any atom is -0.452 e. The quantitative estimate of drug-likeness (QED) is 0.470. The Kier molecular flexibility index (Phi) is 5.23. The van der Waals surface area contributed by atoms with Gasteiger partial charge >= 0.3 is 5.97 Å². The lowest BCUT2D eigenvalue weighted by atomic mass is 10.2. The van der Waals surface area contributed by atoms with Crippen LogP contribution < -0.4 is 0 Å². The van der Waals surface area contributed by atoms with Crippen molar-refractivity contribution in [1.29, 1.82) is 0 Å². The Morgan fingerprint density at radius 3 is 2.79 bits per heavy atom. The van der Waals surface area contributed by atoms with E-state index < -0.39 is 5.97 Å². The fraction of sp³-hybridized carbons (Fsp3) is 0.111. The van der Waals surface area contributed by atoms with Gasteiger partial charge in [-0.25, -0.2) is 9.78 Å². The van der Waals surface area contributed by atoms with E-state index in [4.69, 9.17) is 20.8 Å². The Labute approximate surface area is 148 Å². The average molecular weight is 360 g/mol. The molecule has 3 aromatic rings. The molecule has 0 spiro atoms. The highest BCUT2D eigenvalue weighted by Gasteiger charge is 2.15. The Morgan fingerprint density at radius 2 is 2.04 bits per heavy atom. The summed E-state index contributed by atoms with van der Waals surface area (Å²) in [5, 5.41) is 0.357. The van der Waals surface area contributed by atoms with Crippen LogP contribution in [0.5, 0.6) is 0 Å². The van der Waals surface area contributed by atoms with Crippen molar-refractivity contribution in [2.24, 2.45) is 0 Å². The van der Waals surface area contributed by atoms with E-state index in [0.717, 1.165) is 10.5 Å². The predicted octanol–water partition coefficient (Wildman–Crippen LogP) is 5.07. The van der Waals surface area contributed by atoms with E-state index in [0.29, 0.717) is 22.2 Å². The number of ether oxygens (including phenoxy) is 1. The summed E-state index contributed by atoms with van der Waals surface area (Å²) in [6, 6.07) is 14.8. The first-order chi connectivity index (χ1) is 11.7. The standard InChI is InChI=1S/C18H14ClNO3S/c1-24-13-7-8-15(19)14(9-13)18(21)22-11-17-20-10-16(23-17)12-5-3-2-4-6-12/h2-10H,11H2,1H3. The number of halogens is 1. The predicted molar refractivity (Wildman–Crippen MR) is 94.3 cm³/mol. The van der Waals surface area contributed by atoms with Gasteiger partial charge < -0.3 is 9.15 Å². The normalized spacial score (nSPS) is 10.6. The summed E-state index contributed by atoms with van der Waals surface area (Å²) in [6.07, 6.45) is 3.54. The van der Waals surface area contributed by atoms with Crippen LogP contribution in [-0.4, -0.2) is 17.2 Å². The van der Waals surface area contributed by atoms with Gasteiger partial charge in [0.15, 0.2) is 12.4 Å². The molecule has 0 aliphatic rings. The first kappa shape index (κ1) is 16.6. The third-order valence-electron chi connectivity index (χ3n) is 3.33. The van der Waals surface area contributed by atoms with Crippen LogP contribution in [0.3, 0.4) is 0 Å². The molecule has 3 rings (SSSR count). The highest BCUT2D eigenvalue weighted by Crippen LogP contribution is 2.24. The molecule has 6 heteroatoms. The number of esters is 1. The van der Waals surface area contributed by atoms with Crippen molar-refractivity contribution in [3.05, 3.63) is 71.2 Å². The van der Waals surface area contributed by atoms with Crippen molar-refractivity contribution in [1.82, 2.24) is 4.98 Å². The molecule has 1 aromatic heterocycles. The molecule has 0 N–H and O–H groups in total. The first-order valence-corrected chi connectivity index (χ1v) is 8.78. The van der Waals surface area contributed by atoms with Crippen LogP contribution in [0.15, 0.2) is 64.0 Å². The summed E-state index contributed by atoms with van der Waals surface area (Å²) in [5.74, 6) is 0.457. The van der Waals surface area contributed by atoms with Crippen molar-refractivity contribution in [3.8, 4) is 11.3 Å². The minimum atomic E-state index is -0.504. The lowest BCUT2D eigenvalue weighted by Gasteiger charge is -2.06. The maximum atomic E-state index is 12.2. The average Bonchev–Trinajstić information content (AvgIpc) is 3.10. The summed E-state index contributed by atoms with van der Waals surface area (Å²) in [5.41, 5.74) is 1.25. The monoisotopic (exact) mass is 359 g/mol. The number of thioether (sulfide) groups is 1. The Hall–Kier alpha value is -2.24. The van der Waals surface area contributed by atoms with Gasteiger partial charge in [-0.3, -0.25) is 0 Å². The summed E-state index contributed by atoms with van der Waals surface area (Å²) < 4.78 is 10.9. The number of carbonyl (C=O) groups excluding carboxylic acids is 1. The Morgan fingerprint density at radius 1 is 1.25 bits per heavy atom. The molecule has 0 bridgehead atoms. The minimum absolute atomic E-state index is 0.0501. The third-order valence-corrected chi connectivity index (χ3v) is 4.39. The van der Waals surface area contributed by atoms with Gasteiger partial charge in [0, 0.05) is 10.5 Å². The zero-order valence-electron chi connectivity index (χ0n) is 12.9. The highest BCUT2D eigenvalue weighted by molar-refractivity contribution is 7.98. The number of hydrogen-bond donors (Lipinski definition) is 0. The number of rotatable bonds is 5. The van der Waals surface area contributed by atoms with Crippen molar-refractivity contribution in [2.45, 2.75) is 11.5 Å². The second-order valence-electron chi connectivity index (χ2n) is 4.91. The molecule has 0 unspecified atom stereocenters. The molecule has 0 aliphatic heterocycles. The molecule has 122 valence electrons. The molecular weight excluding hydrogens is 346 g/mol. The van der Waals surface area contributed by atoms with Crippen molar-refractivity contribution >= 4 is 29.3 Å². The first-order valence-electron chi connectivity index (χ1n) is 7.18. The van der Waals surface area contributed by atoms with E-state index in [-0.39, 0.29) is 6.61 Å². The van der Waals surface area contributed by atoms with Gasteiger partial charge in [-0.2, -0.15) is 0 Å². The number of hydrogen-bond acceptors (Lipinski definition) is 5. The second kappa shape index (κ2) is 7.55. The maximum Gasteiger partial charge on any atom is 0.340 e. The summed E-state index contributed by atoms with van der Waals surface area (Å²) in [7, 11) is 0. The van der Waals surface area contributed by atoms with Gasteiger partial charge in [0.25, 0.3) is 0 Å². The second-order valence-corrected chi connectivity index (χ2v) is 6.19. The van der Waals surface area contributed by atoms with Crippen molar-refractivity contribution in [3.63, 3.8) is 0 Å². The smallest absolute Gasteiger partial charge is 0.340 e. The molecule has 0 aliphatic carbocycles. The van der Waals surface area contributed by atoms with Gasteiger partial charge in [-0.1, -0.05) is 41.9 Å². The van der Waals surface area contributed by atoms with Crippen LogP contribution in [0.25, 0.3) is 11.3 Å². The molecule has 0 fully saturated rings. The topological polar surface area (TPSA) is 52.3 Å². The molecule has 0 atom stereocenters. The van der Waals surface area contributed by atoms with Crippen LogP contribution in [0.1, 0.15) is 16.2 Å². The molecule has 24 heavy (non-hydrogen) atoms.